The van der Waals surface area contributed by atoms with E-state index in [9.17, 15) is 0 Å². The van der Waals surface area contributed by atoms with E-state index in [1.807, 2.05) is 30.3 Å². The van der Waals surface area contributed by atoms with Crippen LogP contribution in [-0.4, -0.2) is 23.2 Å². The SMILES string of the molecule is C/C(=N\O)c1ccccc1.[NiH].c1ccc([C@@H]2CC[C@@H](c3ccccc3)[PH+]2CC[PH+]2[C@H](c3ccccc3)CC[C@H]2c2ccccc2)cc1. The summed E-state index contributed by atoms with van der Waals surface area (Å²) in [7, 11) is -1.13. The first-order chi connectivity index (χ1) is 22.7. The van der Waals surface area contributed by atoms with Crippen molar-refractivity contribution < 1.29 is 21.7 Å². The number of hydrogen-bond donors (Lipinski definition) is 1. The average molecular weight is 703 g/mol. The standard InChI is InChI=1S/C34H36P2.C8H9NO.Ni.H/c1-5-13-27(14-6-1)31-21-22-32(28-15-7-2-8-16-28)35(31)25-26-36-33(29-17-9-3-10-18-29)23-24-34(36)30-19-11-4-12-20-30;1-7(9-10)8-5-3-2-4-6-8;;/h1-20,31-34H,21-26H2;2-6,10H,1H3;;/p+2/b;9-7+;;/t31-,32-,33-,34-;;;/m0.../s1. The molecule has 1 N–H and O–H groups in total. The Morgan fingerprint density at radius 3 is 1.00 bits per heavy atom. The summed E-state index contributed by atoms with van der Waals surface area (Å²) in [6, 6.07) is 55.6. The van der Waals surface area contributed by atoms with E-state index >= 15 is 0 Å². The van der Waals surface area contributed by atoms with Crippen molar-refractivity contribution in [3.8, 4) is 0 Å². The molecule has 2 heterocycles. The first-order valence-corrected chi connectivity index (χ1v) is 20.6. The number of nitrogens with zero attached hydrogens (tertiary/aromatic N) is 1. The molecule has 7 rings (SSSR count). The summed E-state index contributed by atoms with van der Waals surface area (Å²) < 4.78 is 0. The van der Waals surface area contributed by atoms with Crippen molar-refractivity contribution in [3.05, 3.63) is 179 Å². The summed E-state index contributed by atoms with van der Waals surface area (Å²) in [6.07, 6.45) is 8.39. The van der Waals surface area contributed by atoms with Crippen LogP contribution in [0.1, 0.15) is 83.1 Å². The summed E-state index contributed by atoms with van der Waals surface area (Å²) in [5, 5.41) is 11.5. The molecule has 0 bridgehead atoms. The summed E-state index contributed by atoms with van der Waals surface area (Å²) >= 11 is 0. The molecule has 47 heavy (non-hydrogen) atoms. The predicted octanol–water partition coefficient (Wildman–Crippen LogP) is 11.6. The Kier molecular flexibility index (Phi) is 13.4. The molecule has 245 valence electrons. The molecule has 0 amide bonds. The van der Waals surface area contributed by atoms with Crippen molar-refractivity contribution in [3.63, 3.8) is 0 Å². The molecule has 0 unspecified atom stereocenters. The Morgan fingerprint density at radius 2 is 0.745 bits per heavy atom. The molecule has 5 aromatic carbocycles. The fourth-order valence-electron chi connectivity index (χ4n) is 7.88. The first kappa shape index (κ1) is 35.2. The molecule has 4 atom stereocenters. The molecule has 2 fully saturated rings. The fourth-order valence-corrected chi connectivity index (χ4v) is 17.2. The maximum absolute atomic E-state index is 8.38. The Morgan fingerprint density at radius 1 is 0.489 bits per heavy atom. The van der Waals surface area contributed by atoms with Gasteiger partial charge in [-0.3, -0.25) is 0 Å². The second kappa shape index (κ2) is 17.9. The van der Waals surface area contributed by atoms with Crippen molar-refractivity contribution in [2.24, 2.45) is 5.16 Å². The van der Waals surface area contributed by atoms with Crippen LogP contribution in [0.25, 0.3) is 0 Å². The Hall–Kier alpha value is -3.08. The molecule has 0 saturated carbocycles. The van der Waals surface area contributed by atoms with E-state index in [0.717, 1.165) is 28.2 Å². The van der Waals surface area contributed by atoms with Crippen LogP contribution in [0.5, 0.6) is 0 Å². The third-order valence-corrected chi connectivity index (χ3v) is 18.4. The summed E-state index contributed by atoms with van der Waals surface area (Å²) in [5.74, 6) is 0. The zero-order valence-corrected chi connectivity index (χ0v) is 30.3. The molecule has 0 aliphatic carbocycles. The van der Waals surface area contributed by atoms with Crippen LogP contribution >= 0.6 is 15.8 Å². The van der Waals surface area contributed by atoms with Gasteiger partial charge < -0.3 is 5.21 Å². The van der Waals surface area contributed by atoms with Crippen LogP contribution in [0.4, 0.5) is 0 Å². The molecule has 5 heteroatoms. The molecule has 5 aromatic rings. The van der Waals surface area contributed by atoms with Crippen molar-refractivity contribution >= 4 is 21.6 Å². The summed E-state index contributed by atoms with van der Waals surface area (Å²) in [6.45, 7) is 1.76. The third-order valence-electron chi connectivity index (χ3n) is 10.1. The molecular weight excluding hydrogens is 655 g/mol. The van der Waals surface area contributed by atoms with Gasteiger partial charge in [-0.15, -0.1) is 0 Å². The Labute approximate surface area is 294 Å². The monoisotopic (exact) mass is 702 g/mol. The van der Waals surface area contributed by atoms with Gasteiger partial charge in [0.2, 0.25) is 0 Å². The topological polar surface area (TPSA) is 32.6 Å². The minimum atomic E-state index is -0.564. The number of rotatable bonds is 8. The maximum Gasteiger partial charge on any atom is 0.0931 e. The third kappa shape index (κ3) is 8.89. The zero-order chi connectivity index (χ0) is 31.6. The van der Waals surface area contributed by atoms with Gasteiger partial charge in [0.15, 0.2) is 0 Å². The smallest absolute Gasteiger partial charge is 0.0622 e. The van der Waals surface area contributed by atoms with E-state index in [-0.39, 0.29) is 16.5 Å². The minimum Gasteiger partial charge on any atom is -0.0622 e. The van der Waals surface area contributed by atoms with Crippen LogP contribution in [0, 0.1) is 0 Å². The van der Waals surface area contributed by atoms with Gasteiger partial charge in [-0.2, -0.15) is 0 Å². The van der Waals surface area contributed by atoms with Gasteiger partial charge in [0, 0.05) is 15.8 Å². The molecule has 0 aromatic heterocycles. The minimum absolute atomic E-state index is 0. The van der Waals surface area contributed by atoms with Crippen LogP contribution in [-0.2, 0) is 16.5 Å². The van der Waals surface area contributed by atoms with Crippen molar-refractivity contribution in [2.45, 2.75) is 55.2 Å². The quantitative estimate of drug-likeness (QED) is 0.0564. The molecule has 2 saturated heterocycles. The van der Waals surface area contributed by atoms with Crippen LogP contribution in [0.2, 0.25) is 0 Å². The molecule has 2 aliphatic rings. The van der Waals surface area contributed by atoms with E-state index in [1.165, 1.54) is 38.0 Å². The van der Waals surface area contributed by atoms with Crippen LogP contribution in [0.3, 0.4) is 0 Å². The fraction of sp³-hybridized carbons (Fsp3) is 0.262. The van der Waals surface area contributed by atoms with Gasteiger partial charge in [0.25, 0.3) is 0 Å². The maximum atomic E-state index is 8.38. The van der Waals surface area contributed by atoms with E-state index in [4.69, 9.17) is 5.21 Å². The number of benzene rings is 5. The number of oxime groups is 1. The van der Waals surface area contributed by atoms with E-state index in [2.05, 4.69) is 126 Å². The van der Waals surface area contributed by atoms with Gasteiger partial charge in [0.05, 0.1) is 40.7 Å². The van der Waals surface area contributed by atoms with E-state index < -0.39 is 15.8 Å². The summed E-state index contributed by atoms with van der Waals surface area (Å²) in [4.78, 5) is 0. The number of hydrogen-bond acceptors (Lipinski definition) is 2. The second-order valence-electron chi connectivity index (χ2n) is 12.7. The molecule has 0 radical (unpaired) electrons. The van der Waals surface area contributed by atoms with Crippen LogP contribution < -0.4 is 0 Å². The molecule has 2 nitrogen and oxygen atoms in total. The first-order valence-electron chi connectivity index (χ1n) is 16.9. The van der Waals surface area contributed by atoms with Crippen molar-refractivity contribution in [1.82, 2.24) is 0 Å². The summed E-state index contributed by atoms with van der Waals surface area (Å²) in [5.41, 5.74) is 11.2. The zero-order valence-electron chi connectivity index (χ0n) is 27.2. The van der Waals surface area contributed by atoms with E-state index in [0.29, 0.717) is 5.71 Å². The largest absolute Gasteiger partial charge is 0.0931 e. The Balaban J connectivity index is 0.000000340. The predicted molar refractivity (Wildman–Crippen MR) is 203 cm³/mol. The normalized spacial score (nSPS) is 21.4. The van der Waals surface area contributed by atoms with Gasteiger partial charge in [-0.25, -0.2) is 0 Å². The molecular formula is C42H48NNiOP2+2. The average Bonchev–Trinajstić information content (AvgIpc) is 3.77. The van der Waals surface area contributed by atoms with Crippen LogP contribution in [0.15, 0.2) is 157 Å². The molecule has 0 spiro atoms. The van der Waals surface area contributed by atoms with Crippen molar-refractivity contribution in [1.29, 1.82) is 0 Å². The second-order valence-corrected chi connectivity index (χ2v) is 18.8. The molecule has 2 aliphatic heterocycles. The van der Waals surface area contributed by atoms with Gasteiger partial charge in [-0.1, -0.05) is 157 Å². The van der Waals surface area contributed by atoms with Gasteiger partial charge in [0.1, 0.15) is 0 Å². The van der Waals surface area contributed by atoms with Gasteiger partial charge >= 0.3 is 16.5 Å². The van der Waals surface area contributed by atoms with Crippen molar-refractivity contribution in [2.75, 3.05) is 12.3 Å². The van der Waals surface area contributed by atoms with Gasteiger partial charge in [-0.05, 0) is 60.4 Å². The van der Waals surface area contributed by atoms with E-state index in [1.54, 1.807) is 29.2 Å². The Bertz CT molecular complexity index is 1440.